The van der Waals surface area contributed by atoms with Crippen molar-refractivity contribution in [3.63, 3.8) is 0 Å². The fourth-order valence-corrected chi connectivity index (χ4v) is 1.64. The highest BCUT2D eigenvalue weighted by Crippen LogP contribution is 2.16. The molecule has 0 saturated carbocycles. The summed E-state index contributed by atoms with van der Waals surface area (Å²) in [7, 11) is 1.56. The number of benzene rings is 2. The van der Waals surface area contributed by atoms with Crippen LogP contribution in [0.25, 0.3) is 6.08 Å². The number of rotatable bonds is 4. The number of methoxy groups -OCH3 is 1. The summed E-state index contributed by atoms with van der Waals surface area (Å²) in [5.74, 6) is -0.709. The van der Waals surface area contributed by atoms with Gasteiger partial charge in [-0.05, 0) is 23.8 Å². The van der Waals surface area contributed by atoms with Crippen LogP contribution in [0.5, 0.6) is 5.75 Å². The zero-order valence-corrected chi connectivity index (χ0v) is 10.5. The predicted molar refractivity (Wildman–Crippen MR) is 72.9 cm³/mol. The lowest BCUT2D eigenvalue weighted by Gasteiger charge is -2.00. The molecule has 0 atom stereocenters. The number of carbonyl (C=O) groups is 1. The Balaban J connectivity index is 2.20. The topological polar surface area (TPSA) is 26.3 Å². The summed E-state index contributed by atoms with van der Waals surface area (Å²) in [6.45, 7) is 0. The third-order valence-electron chi connectivity index (χ3n) is 2.66. The van der Waals surface area contributed by atoms with Gasteiger partial charge in [0.05, 0.1) is 7.11 Å². The maximum Gasteiger partial charge on any atom is 0.221 e. The summed E-state index contributed by atoms with van der Waals surface area (Å²) in [6.07, 6.45) is 1.22. The summed E-state index contributed by atoms with van der Waals surface area (Å²) in [5.41, 5.74) is 0.951. The zero-order chi connectivity index (χ0) is 13.7. The highest BCUT2D eigenvalue weighted by Gasteiger charge is 2.11. The fourth-order valence-electron chi connectivity index (χ4n) is 1.64. The lowest BCUT2D eigenvalue weighted by molar-refractivity contribution is 0.101. The van der Waals surface area contributed by atoms with Crippen molar-refractivity contribution in [1.29, 1.82) is 0 Å². The number of halogens is 1. The van der Waals surface area contributed by atoms with Crippen LogP contribution >= 0.6 is 0 Å². The maximum absolute atomic E-state index is 13.8. The van der Waals surface area contributed by atoms with E-state index in [1.54, 1.807) is 61.7 Å². The van der Waals surface area contributed by atoms with Crippen LogP contribution in [-0.2, 0) is 0 Å². The lowest BCUT2D eigenvalue weighted by atomic mass is 10.1. The van der Waals surface area contributed by atoms with Crippen molar-refractivity contribution in [2.45, 2.75) is 0 Å². The molecule has 0 aromatic heterocycles. The van der Waals surface area contributed by atoms with Gasteiger partial charge < -0.3 is 4.74 Å². The summed E-state index contributed by atoms with van der Waals surface area (Å²) in [4.78, 5) is 11.8. The Morgan fingerprint density at radius 3 is 2.26 bits per heavy atom. The molecular formula is C16H13FO2. The molecule has 0 spiro atoms. The van der Waals surface area contributed by atoms with E-state index >= 15 is 0 Å². The number of ketones is 1. The van der Waals surface area contributed by atoms with Crippen molar-refractivity contribution in [3.05, 3.63) is 71.6 Å². The van der Waals surface area contributed by atoms with Gasteiger partial charge in [-0.2, -0.15) is 0 Å². The number of Topliss-reactive ketones (excluding diaryl/α,β-unsaturated/α-hetero) is 1. The molecule has 0 fully saturated rings. The van der Waals surface area contributed by atoms with Crippen LogP contribution in [0.15, 0.2) is 60.4 Å². The van der Waals surface area contributed by atoms with Crippen molar-refractivity contribution in [2.24, 2.45) is 0 Å². The van der Waals surface area contributed by atoms with Crippen LogP contribution in [0.1, 0.15) is 15.9 Å². The summed E-state index contributed by atoms with van der Waals surface area (Å²) in [6, 6.07) is 15.2. The second-order valence-electron chi connectivity index (χ2n) is 3.96. The van der Waals surface area contributed by atoms with E-state index < -0.39 is 11.6 Å². The molecule has 0 N–H and O–H groups in total. The molecule has 96 valence electrons. The van der Waals surface area contributed by atoms with E-state index in [0.29, 0.717) is 16.9 Å². The molecular weight excluding hydrogens is 243 g/mol. The third kappa shape index (κ3) is 3.28. The Hall–Kier alpha value is -2.42. The van der Waals surface area contributed by atoms with E-state index in [0.717, 1.165) is 0 Å². The number of allylic oxidation sites excluding steroid dienone is 1. The average molecular weight is 256 g/mol. The van der Waals surface area contributed by atoms with E-state index in [4.69, 9.17) is 4.74 Å². The van der Waals surface area contributed by atoms with E-state index in [9.17, 15) is 9.18 Å². The van der Waals surface area contributed by atoms with Gasteiger partial charge in [-0.25, -0.2) is 4.39 Å². The number of hydrogen-bond donors (Lipinski definition) is 0. The third-order valence-corrected chi connectivity index (χ3v) is 2.66. The molecule has 3 heteroatoms. The standard InChI is InChI=1S/C16H13FO2/c1-19-14-9-7-12(8-10-14)11-15(17)16(18)13-5-3-2-4-6-13/h2-11H,1H3/b15-11+. The zero-order valence-electron chi connectivity index (χ0n) is 10.5. The van der Waals surface area contributed by atoms with Gasteiger partial charge in [0.25, 0.3) is 0 Å². The highest BCUT2D eigenvalue weighted by molar-refractivity contribution is 6.09. The molecule has 0 aliphatic carbocycles. The minimum absolute atomic E-state index is 0.338. The van der Waals surface area contributed by atoms with Crippen LogP contribution in [0.4, 0.5) is 4.39 Å². The first kappa shape index (κ1) is 13.0. The van der Waals surface area contributed by atoms with Crippen LogP contribution in [0.2, 0.25) is 0 Å². The molecule has 0 aliphatic heterocycles. The normalized spacial score (nSPS) is 11.2. The SMILES string of the molecule is COc1ccc(/C=C(/F)C(=O)c2ccccc2)cc1. The molecule has 0 aliphatic rings. The molecule has 0 heterocycles. The van der Waals surface area contributed by atoms with Crippen molar-refractivity contribution in [3.8, 4) is 5.75 Å². The molecule has 2 nitrogen and oxygen atoms in total. The Bertz CT molecular complexity index is 586. The molecule has 19 heavy (non-hydrogen) atoms. The van der Waals surface area contributed by atoms with Gasteiger partial charge in [-0.3, -0.25) is 4.79 Å². The van der Waals surface area contributed by atoms with Gasteiger partial charge in [0.1, 0.15) is 5.75 Å². The highest BCUT2D eigenvalue weighted by atomic mass is 19.1. The molecule has 0 radical (unpaired) electrons. The van der Waals surface area contributed by atoms with E-state index in [1.807, 2.05) is 0 Å². The molecule has 2 rings (SSSR count). The molecule has 2 aromatic rings. The van der Waals surface area contributed by atoms with Crippen molar-refractivity contribution in [1.82, 2.24) is 0 Å². The molecule has 0 unspecified atom stereocenters. The number of carbonyl (C=O) groups excluding carboxylic acids is 1. The lowest BCUT2D eigenvalue weighted by Crippen LogP contribution is -1.98. The first-order chi connectivity index (χ1) is 9.20. The first-order valence-corrected chi connectivity index (χ1v) is 5.81. The van der Waals surface area contributed by atoms with Gasteiger partial charge in [-0.15, -0.1) is 0 Å². The van der Waals surface area contributed by atoms with E-state index in [2.05, 4.69) is 0 Å². The molecule has 0 bridgehead atoms. The van der Waals surface area contributed by atoms with Gasteiger partial charge in [0.2, 0.25) is 5.78 Å². The van der Waals surface area contributed by atoms with E-state index in [-0.39, 0.29) is 0 Å². The van der Waals surface area contributed by atoms with Gasteiger partial charge in [0.15, 0.2) is 5.83 Å². The number of hydrogen-bond acceptors (Lipinski definition) is 2. The second kappa shape index (κ2) is 5.96. The maximum atomic E-state index is 13.8. The molecule has 2 aromatic carbocycles. The monoisotopic (exact) mass is 256 g/mol. The summed E-state index contributed by atoms with van der Waals surface area (Å²) >= 11 is 0. The van der Waals surface area contributed by atoms with Crippen LogP contribution in [-0.4, -0.2) is 12.9 Å². The van der Waals surface area contributed by atoms with Crippen molar-refractivity contribution >= 4 is 11.9 Å². The molecule has 0 amide bonds. The second-order valence-corrected chi connectivity index (χ2v) is 3.96. The average Bonchev–Trinajstić information content (AvgIpc) is 2.48. The largest absolute Gasteiger partial charge is 0.497 e. The van der Waals surface area contributed by atoms with Gasteiger partial charge >= 0.3 is 0 Å². The predicted octanol–water partition coefficient (Wildman–Crippen LogP) is 3.89. The smallest absolute Gasteiger partial charge is 0.221 e. The van der Waals surface area contributed by atoms with Crippen LogP contribution in [0.3, 0.4) is 0 Å². The fraction of sp³-hybridized carbons (Fsp3) is 0.0625. The Morgan fingerprint density at radius 1 is 1.05 bits per heavy atom. The quantitative estimate of drug-likeness (QED) is 0.612. The Labute approximate surface area is 111 Å². The van der Waals surface area contributed by atoms with Crippen molar-refractivity contribution in [2.75, 3.05) is 7.11 Å². The van der Waals surface area contributed by atoms with Crippen molar-refractivity contribution < 1.29 is 13.9 Å². The Morgan fingerprint density at radius 2 is 1.68 bits per heavy atom. The van der Waals surface area contributed by atoms with Gasteiger partial charge in [-0.1, -0.05) is 42.5 Å². The van der Waals surface area contributed by atoms with E-state index in [1.165, 1.54) is 6.08 Å². The van der Waals surface area contributed by atoms with Crippen LogP contribution in [0, 0.1) is 0 Å². The minimum Gasteiger partial charge on any atom is -0.497 e. The Kier molecular flexibility index (Phi) is 4.08. The summed E-state index contributed by atoms with van der Waals surface area (Å²) < 4.78 is 18.8. The summed E-state index contributed by atoms with van der Waals surface area (Å²) in [5, 5.41) is 0. The van der Waals surface area contributed by atoms with Crippen LogP contribution < -0.4 is 4.74 Å². The van der Waals surface area contributed by atoms with Gasteiger partial charge in [0, 0.05) is 5.56 Å². The minimum atomic E-state index is -0.781. The molecule has 0 saturated heterocycles. The number of ether oxygens (including phenoxy) is 1. The first-order valence-electron chi connectivity index (χ1n) is 5.81.